The molecule has 4 aromatic rings. The Hall–Kier alpha value is -2.75. The number of rotatable bonds is 5. The maximum Gasteiger partial charge on any atom is 0.0735 e. The summed E-state index contributed by atoms with van der Waals surface area (Å²) in [6.45, 7) is 0. The van der Waals surface area contributed by atoms with Gasteiger partial charge in [-0.3, -0.25) is 15.0 Å². The van der Waals surface area contributed by atoms with Crippen LogP contribution < -0.4 is 0 Å². The molecular weight excluding hydrogens is 389 g/mol. The number of hydrogen-bond acceptors (Lipinski definition) is 3. The van der Waals surface area contributed by atoms with Gasteiger partial charge in [-0.05, 0) is 59.5 Å². The fourth-order valence-corrected chi connectivity index (χ4v) is 3.89. The van der Waals surface area contributed by atoms with Crippen LogP contribution in [0.1, 0.15) is 22.6 Å². The van der Waals surface area contributed by atoms with Crippen molar-refractivity contribution in [2.45, 2.75) is 12.3 Å². The fraction of sp³-hybridized carbons (Fsp3) is 0.0870. The van der Waals surface area contributed by atoms with Gasteiger partial charge in [-0.25, -0.2) is 0 Å². The van der Waals surface area contributed by atoms with Crippen LogP contribution in [0, 0.1) is 0 Å². The van der Waals surface area contributed by atoms with Gasteiger partial charge < -0.3 is 0 Å². The van der Waals surface area contributed by atoms with Crippen LogP contribution in [-0.4, -0.2) is 15.0 Å². The molecule has 3 aromatic heterocycles. The van der Waals surface area contributed by atoms with E-state index >= 15 is 0 Å². The predicted molar refractivity (Wildman–Crippen MR) is 114 cm³/mol. The molecule has 0 radical (unpaired) electrons. The second-order valence-electron chi connectivity index (χ2n) is 6.50. The molecule has 0 atom stereocenters. The number of aromatic nitrogens is 3. The van der Waals surface area contributed by atoms with E-state index in [0.717, 1.165) is 34.4 Å². The largest absolute Gasteiger partial charge is 0.264 e. The highest BCUT2D eigenvalue weighted by Crippen LogP contribution is 2.33. The van der Waals surface area contributed by atoms with Crippen LogP contribution in [-0.2, 0) is 6.42 Å². The minimum absolute atomic E-state index is 0.111. The van der Waals surface area contributed by atoms with Gasteiger partial charge in [-0.15, -0.1) is 0 Å². The van der Waals surface area contributed by atoms with E-state index < -0.39 is 0 Å². The standard InChI is InChI=1S/C23H17Cl2N3/c24-20-10-19(11-21(25)13-20)23-16(4-3-9-28-23)12-22(17-5-1-7-26-14-17)18-6-2-8-27-15-18/h1-11,13-15,22H,12H2. The van der Waals surface area contributed by atoms with Gasteiger partial charge in [0, 0.05) is 52.5 Å². The van der Waals surface area contributed by atoms with Crippen molar-refractivity contribution in [2.75, 3.05) is 0 Å². The van der Waals surface area contributed by atoms with Crippen LogP contribution in [0.15, 0.2) is 85.6 Å². The maximum atomic E-state index is 6.22. The molecule has 5 heteroatoms. The van der Waals surface area contributed by atoms with E-state index in [0.29, 0.717) is 10.0 Å². The minimum Gasteiger partial charge on any atom is -0.264 e. The lowest BCUT2D eigenvalue weighted by molar-refractivity contribution is 0.792. The molecule has 0 saturated heterocycles. The van der Waals surface area contributed by atoms with Crippen LogP contribution in [0.5, 0.6) is 0 Å². The Morgan fingerprint density at radius 2 is 1.36 bits per heavy atom. The molecule has 4 rings (SSSR count). The van der Waals surface area contributed by atoms with Gasteiger partial charge in [-0.2, -0.15) is 0 Å². The third-order valence-electron chi connectivity index (χ3n) is 4.62. The molecule has 1 aromatic carbocycles. The molecule has 0 bridgehead atoms. The van der Waals surface area contributed by atoms with Crippen molar-refractivity contribution in [3.05, 3.63) is 112 Å². The highest BCUT2D eigenvalue weighted by Gasteiger charge is 2.18. The fourth-order valence-electron chi connectivity index (χ4n) is 3.37. The number of benzene rings is 1. The first-order valence-corrected chi connectivity index (χ1v) is 9.66. The first-order chi connectivity index (χ1) is 13.7. The number of nitrogens with zero attached hydrogens (tertiary/aromatic N) is 3. The number of halogens is 2. The van der Waals surface area contributed by atoms with E-state index in [1.165, 1.54) is 0 Å². The van der Waals surface area contributed by atoms with Crippen molar-refractivity contribution in [1.82, 2.24) is 15.0 Å². The van der Waals surface area contributed by atoms with Gasteiger partial charge in [-0.1, -0.05) is 41.4 Å². The Morgan fingerprint density at radius 3 is 1.93 bits per heavy atom. The first kappa shape index (κ1) is 18.6. The zero-order chi connectivity index (χ0) is 19.3. The second kappa shape index (κ2) is 8.51. The molecule has 3 heterocycles. The van der Waals surface area contributed by atoms with Crippen molar-refractivity contribution < 1.29 is 0 Å². The average molecular weight is 406 g/mol. The first-order valence-electron chi connectivity index (χ1n) is 8.91. The monoisotopic (exact) mass is 405 g/mol. The Morgan fingerprint density at radius 1 is 0.750 bits per heavy atom. The van der Waals surface area contributed by atoms with Gasteiger partial charge in [0.05, 0.1) is 5.69 Å². The van der Waals surface area contributed by atoms with E-state index in [-0.39, 0.29) is 5.92 Å². The molecule has 138 valence electrons. The third-order valence-corrected chi connectivity index (χ3v) is 5.06. The Labute approximate surface area is 174 Å². The third kappa shape index (κ3) is 4.22. The molecule has 0 aliphatic heterocycles. The molecule has 0 aliphatic carbocycles. The summed E-state index contributed by atoms with van der Waals surface area (Å²) >= 11 is 12.4. The van der Waals surface area contributed by atoms with Crippen molar-refractivity contribution in [2.24, 2.45) is 0 Å². The predicted octanol–water partition coefficient (Wildman–Crippen LogP) is 6.22. The van der Waals surface area contributed by atoms with Crippen molar-refractivity contribution in [1.29, 1.82) is 0 Å². The van der Waals surface area contributed by atoms with Crippen LogP contribution in [0.2, 0.25) is 10.0 Å². The van der Waals surface area contributed by atoms with Crippen molar-refractivity contribution in [3.63, 3.8) is 0 Å². The lowest BCUT2D eigenvalue weighted by atomic mass is 9.86. The maximum absolute atomic E-state index is 6.22. The lowest BCUT2D eigenvalue weighted by Gasteiger charge is -2.19. The van der Waals surface area contributed by atoms with Gasteiger partial charge in [0.2, 0.25) is 0 Å². The molecule has 3 nitrogen and oxygen atoms in total. The summed E-state index contributed by atoms with van der Waals surface area (Å²) < 4.78 is 0. The van der Waals surface area contributed by atoms with Gasteiger partial charge >= 0.3 is 0 Å². The average Bonchev–Trinajstić information content (AvgIpc) is 2.73. The number of hydrogen-bond donors (Lipinski definition) is 0. The molecule has 0 fully saturated rings. The summed E-state index contributed by atoms with van der Waals surface area (Å²) in [4.78, 5) is 13.2. The summed E-state index contributed by atoms with van der Waals surface area (Å²) in [5, 5.41) is 1.19. The van der Waals surface area contributed by atoms with Crippen molar-refractivity contribution in [3.8, 4) is 11.3 Å². The van der Waals surface area contributed by atoms with Crippen LogP contribution in [0.25, 0.3) is 11.3 Å². The summed E-state index contributed by atoms with van der Waals surface area (Å²) in [7, 11) is 0. The number of pyridine rings is 3. The van der Waals surface area contributed by atoms with Gasteiger partial charge in [0.15, 0.2) is 0 Å². The lowest BCUT2D eigenvalue weighted by Crippen LogP contribution is -2.07. The van der Waals surface area contributed by atoms with Crippen LogP contribution >= 0.6 is 23.2 Å². The molecule has 0 saturated carbocycles. The van der Waals surface area contributed by atoms with E-state index in [1.807, 2.05) is 42.7 Å². The van der Waals surface area contributed by atoms with E-state index in [4.69, 9.17) is 23.2 Å². The van der Waals surface area contributed by atoms with E-state index in [2.05, 4.69) is 33.2 Å². The smallest absolute Gasteiger partial charge is 0.0735 e. The normalized spacial score (nSPS) is 11.0. The molecule has 0 aliphatic rings. The zero-order valence-corrected chi connectivity index (χ0v) is 16.5. The second-order valence-corrected chi connectivity index (χ2v) is 7.37. The molecule has 0 unspecified atom stereocenters. The highest BCUT2D eigenvalue weighted by atomic mass is 35.5. The Kier molecular flexibility index (Phi) is 5.65. The van der Waals surface area contributed by atoms with E-state index in [9.17, 15) is 0 Å². The summed E-state index contributed by atoms with van der Waals surface area (Å²) in [6.07, 6.45) is 9.93. The SMILES string of the molecule is Clc1cc(Cl)cc(-c2ncccc2CC(c2cccnc2)c2cccnc2)c1. The summed E-state index contributed by atoms with van der Waals surface area (Å²) in [5.74, 6) is 0.111. The Balaban J connectivity index is 1.78. The molecule has 0 N–H and O–H groups in total. The molecule has 0 amide bonds. The quantitative estimate of drug-likeness (QED) is 0.395. The topological polar surface area (TPSA) is 38.7 Å². The summed E-state index contributed by atoms with van der Waals surface area (Å²) in [5.41, 5.74) is 5.16. The molecular formula is C23H17Cl2N3. The molecule has 28 heavy (non-hydrogen) atoms. The van der Waals surface area contributed by atoms with Crippen LogP contribution in [0.4, 0.5) is 0 Å². The van der Waals surface area contributed by atoms with Gasteiger partial charge in [0.25, 0.3) is 0 Å². The zero-order valence-electron chi connectivity index (χ0n) is 15.0. The minimum atomic E-state index is 0.111. The van der Waals surface area contributed by atoms with Gasteiger partial charge in [0.1, 0.15) is 0 Å². The highest BCUT2D eigenvalue weighted by molar-refractivity contribution is 6.35. The van der Waals surface area contributed by atoms with Crippen molar-refractivity contribution >= 4 is 23.2 Å². The molecule has 0 spiro atoms. The summed E-state index contributed by atoms with van der Waals surface area (Å²) in [6, 6.07) is 17.7. The van der Waals surface area contributed by atoms with E-state index in [1.54, 1.807) is 24.7 Å². The Bertz CT molecular complexity index is 1010. The van der Waals surface area contributed by atoms with Crippen LogP contribution in [0.3, 0.4) is 0 Å².